The Morgan fingerprint density at radius 2 is 1.93 bits per heavy atom. The van der Waals surface area contributed by atoms with Crippen LogP contribution in [0.15, 0.2) is 66.1 Å². The summed E-state index contributed by atoms with van der Waals surface area (Å²) in [5, 5.41) is 9.56. The summed E-state index contributed by atoms with van der Waals surface area (Å²) >= 11 is 13.3. The van der Waals surface area contributed by atoms with Crippen LogP contribution in [-0.2, 0) is 4.79 Å². The number of fused-ring (bicyclic) bond motifs is 1. The van der Waals surface area contributed by atoms with Crippen LogP contribution in [0.25, 0.3) is 16.7 Å². The lowest BCUT2D eigenvalue weighted by atomic mass is 10.3. The molecule has 4 aromatic rings. The molecule has 0 fully saturated rings. The highest BCUT2D eigenvalue weighted by Gasteiger charge is 2.13. The van der Waals surface area contributed by atoms with Gasteiger partial charge in [0.25, 0.3) is 0 Å². The summed E-state index contributed by atoms with van der Waals surface area (Å²) in [6, 6.07) is 14.6. The van der Waals surface area contributed by atoms with Gasteiger partial charge < -0.3 is 5.32 Å². The number of carbonyl (C=O) groups excluding carboxylic acids is 1. The molecular formula is C19H13Cl2N5OS. The summed E-state index contributed by atoms with van der Waals surface area (Å²) in [6.07, 6.45) is 3.17. The number of halogens is 2. The molecule has 0 saturated heterocycles. The molecule has 0 aliphatic carbocycles. The second-order valence-electron chi connectivity index (χ2n) is 5.77. The molecule has 0 radical (unpaired) electrons. The van der Waals surface area contributed by atoms with E-state index in [2.05, 4.69) is 20.4 Å². The average Bonchev–Trinajstić information content (AvgIpc) is 3.14. The number of hydrogen-bond acceptors (Lipinski definition) is 5. The van der Waals surface area contributed by atoms with Crippen LogP contribution in [0.1, 0.15) is 0 Å². The first-order valence-corrected chi connectivity index (χ1v) is 9.98. The highest BCUT2D eigenvalue weighted by Crippen LogP contribution is 2.28. The minimum absolute atomic E-state index is 0.158. The number of benzene rings is 2. The Balaban J connectivity index is 1.52. The predicted octanol–water partition coefficient (Wildman–Crippen LogP) is 4.85. The van der Waals surface area contributed by atoms with Gasteiger partial charge in [-0.15, -0.1) is 0 Å². The number of amides is 1. The molecule has 0 spiro atoms. The van der Waals surface area contributed by atoms with Gasteiger partial charge in [-0.05, 0) is 30.3 Å². The van der Waals surface area contributed by atoms with Gasteiger partial charge >= 0.3 is 0 Å². The molecule has 0 unspecified atom stereocenters. The van der Waals surface area contributed by atoms with Crippen molar-refractivity contribution in [3.8, 4) is 5.69 Å². The largest absolute Gasteiger partial charge is 0.324 e. The molecule has 2 aromatic heterocycles. The van der Waals surface area contributed by atoms with Crippen LogP contribution in [0.5, 0.6) is 0 Å². The number of aromatic nitrogens is 4. The molecule has 28 heavy (non-hydrogen) atoms. The second kappa shape index (κ2) is 8.18. The molecule has 2 aromatic carbocycles. The van der Waals surface area contributed by atoms with Crippen molar-refractivity contribution >= 4 is 57.6 Å². The number of anilines is 1. The van der Waals surface area contributed by atoms with Crippen LogP contribution in [0.2, 0.25) is 10.0 Å². The van der Waals surface area contributed by atoms with Crippen molar-refractivity contribution in [2.75, 3.05) is 11.1 Å². The Bertz CT molecular complexity index is 1150. The number of nitrogens with one attached hydrogen (secondary N) is 1. The summed E-state index contributed by atoms with van der Waals surface area (Å²) in [5.41, 5.74) is 2.06. The van der Waals surface area contributed by atoms with Crippen molar-refractivity contribution in [1.82, 2.24) is 19.7 Å². The van der Waals surface area contributed by atoms with Crippen LogP contribution in [-0.4, -0.2) is 31.4 Å². The quantitative estimate of drug-likeness (QED) is 0.362. The fraction of sp³-hybridized carbons (Fsp3) is 0.0526. The van der Waals surface area contributed by atoms with Gasteiger partial charge in [0.15, 0.2) is 5.65 Å². The summed E-state index contributed by atoms with van der Waals surface area (Å²) in [5.74, 6) is -0.0535. The molecular weight excluding hydrogens is 417 g/mol. The molecule has 1 amide bonds. The lowest BCUT2D eigenvalue weighted by molar-refractivity contribution is -0.113. The molecule has 2 heterocycles. The van der Waals surface area contributed by atoms with Gasteiger partial charge in [-0.1, -0.05) is 53.2 Å². The van der Waals surface area contributed by atoms with Crippen LogP contribution < -0.4 is 5.32 Å². The van der Waals surface area contributed by atoms with Crippen LogP contribution in [0.4, 0.5) is 5.69 Å². The molecule has 9 heteroatoms. The fourth-order valence-electron chi connectivity index (χ4n) is 2.61. The van der Waals surface area contributed by atoms with E-state index in [4.69, 9.17) is 23.2 Å². The Hall–Kier alpha value is -2.61. The predicted molar refractivity (Wildman–Crippen MR) is 112 cm³/mol. The monoisotopic (exact) mass is 429 g/mol. The zero-order valence-electron chi connectivity index (χ0n) is 14.3. The van der Waals surface area contributed by atoms with E-state index in [0.717, 1.165) is 11.1 Å². The molecule has 0 bridgehead atoms. The summed E-state index contributed by atoms with van der Waals surface area (Å²) < 4.78 is 1.74. The van der Waals surface area contributed by atoms with Gasteiger partial charge in [-0.3, -0.25) is 4.79 Å². The van der Waals surface area contributed by atoms with Crippen LogP contribution in [0, 0.1) is 0 Å². The number of thioether (sulfide) groups is 1. The first-order valence-electron chi connectivity index (χ1n) is 8.23. The third kappa shape index (κ3) is 3.96. The smallest absolute Gasteiger partial charge is 0.234 e. The minimum atomic E-state index is -0.212. The molecule has 1 N–H and O–H groups in total. The van der Waals surface area contributed by atoms with E-state index in [-0.39, 0.29) is 11.7 Å². The third-order valence-electron chi connectivity index (χ3n) is 3.87. The van der Waals surface area contributed by atoms with Crippen LogP contribution in [0.3, 0.4) is 0 Å². The molecule has 6 nitrogen and oxygen atoms in total. The second-order valence-corrected chi connectivity index (χ2v) is 7.58. The van der Waals surface area contributed by atoms with E-state index in [0.29, 0.717) is 26.4 Å². The molecule has 0 atom stereocenters. The van der Waals surface area contributed by atoms with E-state index in [1.807, 2.05) is 30.3 Å². The van der Waals surface area contributed by atoms with Crippen molar-refractivity contribution < 1.29 is 4.79 Å². The number of para-hydroxylation sites is 1. The van der Waals surface area contributed by atoms with Gasteiger partial charge in [-0.2, -0.15) is 5.10 Å². The SMILES string of the molecule is O=C(CSc1ncnc2c1cnn2-c1ccccc1)Nc1cc(Cl)ccc1Cl. The lowest BCUT2D eigenvalue weighted by Crippen LogP contribution is -2.14. The molecule has 4 rings (SSSR count). The van der Waals surface area contributed by atoms with Crippen molar-refractivity contribution in [1.29, 1.82) is 0 Å². The highest BCUT2D eigenvalue weighted by atomic mass is 35.5. The summed E-state index contributed by atoms with van der Waals surface area (Å²) in [4.78, 5) is 20.9. The first-order chi connectivity index (χ1) is 13.6. The van der Waals surface area contributed by atoms with Gasteiger partial charge in [0, 0.05) is 5.02 Å². The van der Waals surface area contributed by atoms with Crippen molar-refractivity contribution in [2.24, 2.45) is 0 Å². The Morgan fingerprint density at radius 1 is 1.11 bits per heavy atom. The summed E-state index contributed by atoms with van der Waals surface area (Å²) in [7, 11) is 0. The van der Waals surface area contributed by atoms with Crippen molar-refractivity contribution in [3.63, 3.8) is 0 Å². The first kappa shape index (κ1) is 18.7. The standard InChI is InChI=1S/C19H13Cl2N5OS/c20-12-6-7-15(21)16(8-12)25-17(27)10-28-19-14-9-24-26(18(14)22-11-23-19)13-4-2-1-3-5-13/h1-9,11H,10H2,(H,25,27). The molecule has 0 aliphatic heterocycles. The minimum Gasteiger partial charge on any atom is -0.324 e. The van der Waals surface area contributed by atoms with Gasteiger partial charge in [-0.25, -0.2) is 14.6 Å². The number of nitrogens with zero attached hydrogens (tertiary/aromatic N) is 4. The normalized spacial score (nSPS) is 10.9. The van der Waals surface area contributed by atoms with Gasteiger partial charge in [0.2, 0.25) is 5.91 Å². The number of hydrogen-bond donors (Lipinski definition) is 1. The van der Waals surface area contributed by atoms with Gasteiger partial charge in [0.05, 0.1) is 33.7 Å². The third-order valence-corrected chi connectivity index (χ3v) is 5.44. The molecule has 0 saturated carbocycles. The zero-order chi connectivity index (χ0) is 19.5. The van der Waals surface area contributed by atoms with Crippen LogP contribution >= 0.6 is 35.0 Å². The van der Waals surface area contributed by atoms with Crippen molar-refractivity contribution in [3.05, 3.63) is 71.1 Å². The Morgan fingerprint density at radius 3 is 2.75 bits per heavy atom. The van der Waals surface area contributed by atoms with Crippen molar-refractivity contribution in [2.45, 2.75) is 5.03 Å². The maximum absolute atomic E-state index is 12.3. The maximum atomic E-state index is 12.3. The average molecular weight is 430 g/mol. The number of rotatable bonds is 5. The lowest BCUT2D eigenvalue weighted by Gasteiger charge is -2.08. The van der Waals surface area contributed by atoms with E-state index < -0.39 is 0 Å². The topological polar surface area (TPSA) is 72.7 Å². The van der Waals surface area contributed by atoms with E-state index in [9.17, 15) is 4.79 Å². The maximum Gasteiger partial charge on any atom is 0.234 e. The van der Waals surface area contributed by atoms with Gasteiger partial charge in [0.1, 0.15) is 11.4 Å². The Labute approximate surface area is 174 Å². The highest BCUT2D eigenvalue weighted by molar-refractivity contribution is 8.00. The molecule has 0 aliphatic rings. The van der Waals surface area contributed by atoms with E-state index in [1.165, 1.54) is 18.1 Å². The molecule has 140 valence electrons. The summed E-state index contributed by atoms with van der Waals surface area (Å²) in [6.45, 7) is 0. The fourth-order valence-corrected chi connectivity index (χ4v) is 3.71. The van der Waals surface area contributed by atoms with E-state index >= 15 is 0 Å². The van der Waals surface area contributed by atoms with E-state index in [1.54, 1.807) is 29.1 Å². The zero-order valence-corrected chi connectivity index (χ0v) is 16.7. The Kier molecular flexibility index (Phi) is 5.47. The number of carbonyl (C=O) groups is 1.